The number of alkyl halides is 2. The summed E-state index contributed by atoms with van der Waals surface area (Å²) in [6, 6.07) is 2.52. The molecule has 0 bridgehead atoms. The number of nitrogens with one attached hydrogen (secondary N) is 3. The second-order valence-electron chi connectivity index (χ2n) is 10.3. The number of hydrogen-bond donors (Lipinski definition) is 3. The predicted molar refractivity (Wildman–Crippen MR) is 133 cm³/mol. The topological polar surface area (TPSA) is 113 Å². The lowest BCUT2D eigenvalue weighted by Crippen LogP contribution is -2.52. The molecule has 4 rings (SSSR count). The zero-order valence-electron chi connectivity index (χ0n) is 20.8. The van der Waals surface area contributed by atoms with E-state index < -0.39 is 11.5 Å². The highest BCUT2D eigenvalue weighted by atomic mass is 35.5. The van der Waals surface area contributed by atoms with Gasteiger partial charge >= 0.3 is 0 Å². The molecule has 12 heteroatoms. The maximum atomic E-state index is 12.9. The van der Waals surface area contributed by atoms with Gasteiger partial charge in [-0.15, -0.1) is 0 Å². The Labute approximate surface area is 215 Å². The molecule has 0 amide bonds. The SMILES string of the molecule is Cc1nn(C(C)(C)C#N)cc1Nc1ncc(Cl)c(OCC2CCC(NCNC3CC(F)(F)C3)CC2)n1. The minimum atomic E-state index is -2.49. The average molecular weight is 523 g/mol. The van der Waals surface area contributed by atoms with Crippen LogP contribution in [0.2, 0.25) is 5.02 Å². The lowest BCUT2D eigenvalue weighted by molar-refractivity contribution is -0.0930. The molecular formula is C24H33ClF2N8O. The van der Waals surface area contributed by atoms with Crippen LogP contribution in [0.4, 0.5) is 20.4 Å². The van der Waals surface area contributed by atoms with Crippen LogP contribution >= 0.6 is 11.6 Å². The molecule has 0 unspecified atom stereocenters. The summed E-state index contributed by atoms with van der Waals surface area (Å²) < 4.78 is 33.4. The van der Waals surface area contributed by atoms with Gasteiger partial charge in [0, 0.05) is 31.6 Å². The number of anilines is 2. The van der Waals surface area contributed by atoms with Crippen LogP contribution in [0.1, 0.15) is 58.1 Å². The summed E-state index contributed by atoms with van der Waals surface area (Å²) in [7, 11) is 0. The summed E-state index contributed by atoms with van der Waals surface area (Å²) in [5, 5.41) is 23.8. The van der Waals surface area contributed by atoms with Crippen LogP contribution < -0.4 is 20.7 Å². The Morgan fingerprint density at radius 1 is 1.22 bits per heavy atom. The number of rotatable bonds is 10. The van der Waals surface area contributed by atoms with Crippen LogP contribution in [0.25, 0.3) is 0 Å². The third-order valence-corrected chi connectivity index (χ3v) is 7.14. The Morgan fingerprint density at radius 2 is 1.92 bits per heavy atom. The molecule has 2 fully saturated rings. The summed E-state index contributed by atoms with van der Waals surface area (Å²) in [5.74, 6) is -1.46. The van der Waals surface area contributed by atoms with E-state index in [2.05, 4.69) is 37.1 Å². The molecule has 2 aromatic heterocycles. The van der Waals surface area contributed by atoms with E-state index in [4.69, 9.17) is 16.3 Å². The monoisotopic (exact) mass is 522 g/mol. The first-order valence-electron chi connectivity index (χ1n) is 12.3. The maximum Gasteiger partial charge on any atom is 0.251 e. The molecule has 0 aromatic carbocycles. The number of hydrogen-bond acceptors (Lipinski definition) is 8. The molecule has 0 radical (unpaired) electrons. The van der Waals surface area contributed by atoms with Gasteiger partial charge in [-0.05, 0) is 52.4 Å². The van der Waals surface area contributed by atoms with Crippen molar-refractivity contribution in [1.29, 1.82) is 5.26 Å². The molecule has 196 valence electrons. The fourth-order valence-electron chi connectivity index (χ4n) is 4.44. The lowest BCUT2D eigenvalue weighted by Gasteiger charge is -2.36. The quantitative estimate of drug-likeness (QED) is 0.391. The zero-order valence-corrected chi connectivity index (χ0v) is 21.6. The van der Waals surface area contributed by atoms with Gasteiger partial charge in [0.15, 0.2) is 0 Å². The number of aromatic nitrogens is 4. The van der Waals surface area contributed by atoms with Crippen LogP contribution in [0.5, 0.6) is 5.88 Å². The smallest absolute Gasteiger partial charge is 0.251 e. The van der Waals surface area contributed by atoms with Gasteiger partial charge in [-0.1, -0.05) is 11.6 Å². The van der Waals surface area contributed by atoms with Gasteiger partial charge in [0.2, 0.25) is 11.8 Å². The molecule has 0 saturated heterocycles. The summed E-state index contributed by atoms with van der Waals surface area (Å²) in [4.78, 5) is 8.67. The summed E-state index contributed by atoms with van der Waals surface area (Å²) >= 11 is 6.28. The van der Waals surface area contributed by atoms with Crippen molar-refractivity contribution in [3.8, 4) is 11.9 Å². The summed E-state index contributed by atoms with van der Waals surface area (Å²) in [6.07, 6.45) is 7.12. The molecule has 2 aliphatic rings. The van der Waals surface area contributed by atoms with Crippen LogP contribution in [0, 0.1) is 24.2 Å². The van der Waals surface area contributed by atoms with Crippen molar-refractivity contribution >= 4 is 23.2 Å². The number of aryl methyl sites for hydroxylation is 1. The Morgan fingerprint density at radius 3 is 2.58 bits per heavy atom. The van der Waals surface area contributed by atoms with Gasteiger partial charge < -0.3 is 20.7 Å². The Hall–Kier alpha value is -2.55. The zero-order chi connectivity index (χ0) is 25.9. The van der Waals surface area contributed by atoms with E-state index in [1.165, 1.54) is 6.20 Å². The molecule has 3 N–H and O–H groups in total. The second kappa shape index (κ2) is 10.8. The first kappa shape index (κ1) is 26.5. The fraction of sp³-hybridized carbons (Fsp3) is 0.667. The standard InChI is InChI=1S/C24H33ClF2N8O/c1-15-20(11-35(34-15)23(2,3)13-28)32-22-29-10-19(25)21(33-22)36-12-16-4-6-17(7-5-16)30-14-31-18-8-24(26,27)9-18/h10-11,16-18,30-31H,4-9,12,14H2,1-3H3,(H,29,32,33). The van der Waals surface area contributed by atoms with E-state index in [-0.39, 0.29) is 18.9 Å². The van der Waals surface area contributed by atoms with E-state index >= 15 is 0 Å². The molecule has 0 atom stereocenters. The van der Waals surface area contributed by atoms with E-state index in [9.17, 15) is 14.0 Å². The molecule has 9 nitrogen and oxygen atoms in total. The van der Waals surface area contributed by atoms with Crippen LogP contribution in [0.15, 0.2) is 12.4 Å². The highest BCUT2D eigenvalue weighted by molar-refractivity contribution is 6.31. The van der Waals surface area contributed by atoms with Crippen molar-refractivity contribution in [2.24, 2.45) is 5.92 Å². The number of halogens is 3. The molecular weight excluding hydrogens is 490 g/mol. The molecule has 2 heterocycles. The van der Waals surface area contributed by atoms with Crippen LogP contribution in [-0.4, -0.2) is 51.0 Å². The first-order chi connectivity index (χ1) is 17.0. The minimum absolute atomic E-state index is 0.0653. The Bertz CT molecular complexity index is 1090. The van der Waals surface area contributed by atoms with Crippen molar-refractivity contribution in [2.45, 2.75) is 82.8 Å². The highest BCUT2D eigenvalue weighted by Crippen LogP contribution is 2.37. The van der Waals surface area contributed by atoms with Gasteiger partial charge in [-0.25, -0.2) is 13.8 Å². The number of ether oxygens (including phenoxy) is 1. The minimum Gasteiger partial charge on any atom is -0.476 e. The number of nitrogens with zero attached hydrogens (tertiary/aromatic N) is 5. The van der Waals surface area contributed by atoms with E-state index in [1.807, 2.05) is 6.92 Å². The molecule has 2 aliphatic carbocycles. The summed E-state index contributed by atoms with van der Waals surface area (Å²) in [5.41, 5.74) is 0.627. The van der Waals surface area contributed by atoms with Crippen molar-refractivity contribution in [2.75, 3.05) is 18.6 Å². The van der Waals surface area contributed by atoms with Crippen molar-refractivity contribution in [3.63, 3.8) is 0 Å². The van der Waals surface area contributed by atoms with Gasteiger partial charge in [-0.2, -0.15) is 15.3 Å². The Balaban J connectivity index is 1.23. The van der Waals surface area contributed by atoms with Crippen molar-refractivity contribution in [3.05, 3.63) is 23.1 Å². The van der Waals surface area contributed by atoms with Gasteiger partial charge in [-0.3, -0.25) is 4.68 Å². The molecule has 36 heavy (non-hydrogen) atoms. The second-order valence-corrected chi connectivity index (χ2v) is 10.7. The molecule has 0 spiro atoms. The molecule has 0 aliphatic heterocycles. The van der Waals surface area contributed by atoms with Crippen molar-refractivity contribution < 1.29 is 13.5 Å². The van der Waals surface area contributed by atoms with Crippen molar-refractivity contribution in [1.82, 2.24) is 30.4 Å². The van der Waals surface area contributed by atoms with E-state index in [0.717, 1.165) is 25.7 Å². The average Bonchev–Trinajstić information content (AvgIpc) is 3.20. The van der Waals surface area contributed by atoms with Crippen LogP contribution in [-0.2, 0) is 5.54 Å². The largest absolute Gasteiger partial charge is 0.476 e. The Kier molecular flexibility index (Phi) is 7.97. The first-order valence-corrected chi connectivity index (χ1v) is 12.7. The van der Waals surface area contributed by atoms with E-state index in [0.29, 0.717) is 53.5 Å². The normalized spacial score (nSPS) is 22.0. The summed E-state index contributed by atoms with van der Waals surface area (Å²) in [6.45, 7) is 6.48. The predicted octanol–water partition coefficient (Wildman–Crippen LogP) is 4.51. The van der Waals surface area contributed by atoms with Gasteiger partial charge in [0.1, 0.15) is 10.6 Å². The maximum absolute atomic E-state index is 12.9. The molecule has 2 aromatic rings. The third-order valence-electron chi connectivity index (χ3n) is 6.88. The van der Waals surface area contributed by atoms with Gasteiger partial charge in [0.05, 0.1) is 36.5 Å². The molecule has 2 saturated carbocycles. The fourth-order valence-corrected chi connectivity index (χ4v) is 4.58. The van der Waals surface area contributed by atoms with Crippen LogP contribution in [0.3, 0.4) is 0 Å². The third kappa shape index (κ3) is 6.60. The number of nitriles is 1. The lowest BCUT2D eigenvalue weighted by atomic mass is 9.86. The van der Waals surface area contributed by atoms with E-state index in [1.54, 1.807) is 24.7 Å². The van der Waals surface area contributed by atoms with Gasteiger partial charge in [0.25, 0.3) is 5.92 Å². The highest BCUT2D eigenvalue weighted by Gasteiger charge is 2.44.